The van der Waals surface area contributed by atoms with Crippen LogP contribution in [0.25, 0.3) is 0 Å². The van der Waals surface area contributed by atoms with Crippen LogP contribution in [-0.2, 0) is 23.1 Å². The number of ether oxygens (including phenoxy) is 2. The lowest BCUT2D eigenvalue weighted by Gasteiger charge is -2.23. The van der Waals surface area contributed by atoms with Crippen molar-refractivity contribution < 1.29 is 48.4 Å². The molecule has 9 atom stereocenters. The van der Waals surface area contributed by atoms with Crippen molar-refractivity contribution in [2.24, 2.45) is 0 Å². The first-order valence-corrected chi connectivity index (χ1v) is 12.2. The molecule has 2 aromatic rings. The Kier molecular flexibility index (Phi) is 7.77. The molecule has 0 bridgehead atoms. The summed E-state index contributed by atoms with van der Waals surface area (Å²) in [7, 11) is -5.04. The van der Waals surface area contributed by atoms with E-state index in [2.05, 4.69) is 4.98 Å². The quantitative estimate of drug-likeness (QED) is 0.154. The molecule has 0 aromatic carbocycles. The molecule has 2 aromatic heterocycles. The van der Waals surface area contributed by atoms with Crippen LogP contribution in [0.1, 0.15) is 12.5 Å². The number of phosphoric ester groups is 1. The summed E-state index contributed by atoms with van der Waals surface area (Å²) in [5, 5.41) is 40.7. The topological polar surface area (TPSA) is 271 Å². The summed E-state index contributed by atoms with van der Waals surface area (Å²) in [6.45, 7) is -1.60. The fourth-order valence-corrected chi connectivity index (χ4v) is 4.89. The van der Waals surface area contributed by atoms with Crippen LogP contribution in [0.3, 0.4) is 0 Å². The standard InChI is InChI=1S/C18H24N5O13P/c19-9-1-3-22(17(29)20-9)16-13(28)14(7(5-24)34-16)36-37(31,32)33-6-8-11(26)12(27)15(35-8)23-4-2-10(25)21-18(23)30/h1-4,7-8,11-16,24,26-28H,5-6H2,(H,31,32)(H2,19,20,29)(H,21,25,30). The molecule has 0 spiro atoms. The minimum Gasteiger partial charge on any atom is -0.394 e. The van der Waals surface area contributed by atoms with Crippen LogP contribution < -0.4 is 22.7 Å². The maximum Gasteiger partial charge on any atom is 0.472 e. The molecule has 37 heavy (non-hydrogen) atoms. The summed E-state index contributed by atoms with van der Waals surface area (Å²) in [5.41, 5.74) is 2.90. The van der Waals surface area contributed by atoms with Gasteiger partial charge >= 0.3 is 19.2 Å². The Labute approximate surface area is 205 Å². The number of hydrogen-bond donors (Lipinski definition) is 7. The summed E-state index contributed by atoms with van der Waals surface area (Å²) in [6, 6.07) is 2.23. The number of rotatable bonds is 8. The number of aliphatic hydroxyl groups excluding tert-OH is 4. The largest absolute Gasteiger partial charge is 0.472 e. The summed E-state index contributed by atoms with van der Waals surface area (Å²) < 4.78 is 34.9. The van der Waals surface area contributed by atoms with Gasteiger partial charge in [0.15, 0.2) is 12.5 Å². The summed E-state index contributed by atoms with van der Waals surface area (Å²) >= 11 is 0. The smallest absolute Gasteiger partial charge is 0.394 e. The predicted molar refractivity (Wildman–Crippen MR) is 118 cm³/mol. The highest BCUT2D eigenvalue weighted by atomic mass is 31.2. The number of nitrogens with one attached hydrogen (secondary N) is 1. The lowest BCUT2D eigenvalue weighted by molar-refractivity contribution is -0.0615. The van der Waals surface area contributed by atoms with Gasteiger partial charge in [0, 0.05) is 18.5 Å². The fraction of sp³-hybridized carbons (Fsp3) is 0.556. The molecule has 0 amide bonds. The first-order chi connectivity index (χ1) is 17.4. The van der Waals surface area contributed by atoms with E-state index in [-0.39, 0.29) is 5.82 Å². The number of phosphoric acid groups is 1. The first-order valence-electron chi connectivity index (χ1n) is 10.7. The molecule has 4 rings (SSSR count). The number of nitrogen functional groups attached to an aromatic ring is 1. The maximum atomic E-state index is 12.6. The average molecular weight is 549 g/mol. The van der Waals surface area contributed by atoms with Gasteiger partial charge in [0.2, 0.25) is 0 Å². The van der Waals surface area contributed by atoms with Crippen molar-refractivity contribution in [1.82, 2.24) is 19.1 Å². The molecule has 4 heterocycles. The van der Waals surface area contributed by atoms with E-state index in [0.717, 1.165) is 21.4 Å². The molecular formula is C18H24N5O13P. The van der Waals surface area contributed by atoms with Crippen molar-refractivity contribution in [1.29, 1.82) is 0 Å². The second kappa shape index (κ2) is 10.5. The summed E-state index contributed by atoms with van der Waals surface area (Å²) in [5.74, 6) is -0.0948. The number of aromatic amines is 1. The molecule has 19 heteroatoms. The van der Waals surface area contributed by atoms with Crippen LogP contribution in [0.4, 0.5) is 5.82 Å². The molecule has 18 nitrogen and oxygen atoms in total. The third-order valence-corrected chi connectivity index (χ3v) is 6.72. The second-order valence-corrected chi connectivity index (χ2v) is 9.58. The van der Waals surface area contributed by atoms with E-state index in [1.807, 2.05) is 4.98 Å². The molecule has 2 saturated heterocycles. The Morgan fingerprint density at radius 3 is 2.32 bits per heavy atom. The van der Waals surface area contributed by atoms with Crippen LogP contribution in [0.15, 0.2) is 38.9 Å². The zero-order valence-corrected chi connectivity index (χ0v) is 19.6. The number of nitrogens with two attached hydrogens (primary N) is 1. The van der Waals surface area contributed by atoms with Gasteiger partial charge in [0.25, 0.3) is 5.56 Å². The van der Waals surface area contributed by atoms with Gasteiger partial charge in [-0.1, -0.05) is 0 Å². The molecule has 2 fully saturated rings. The molecule has 2 aliphatic rings. The number of hydrogen-bond acceptors (Lipinski definition) is 14. The monoisotopic (exact) mass is 549 g/mol. The van der Waals surface area contributed by atoms with E-state index in [0.29, 0.717) is 0 Å². The molecule has 0 aliphatic carbocycles. The number of anilines is 1. The van der Waals surface area contributed by atoms with E-state index >= 15 is 0 Å². The second-order valence-electron chi connectivity index (χ2n) is 8.18. The van der Waals surface area contributed by atoms with Gasteiger partial charge in [-0.15, -0.1) is 0 Å². The van der Waals surface area contributed by atoms with Crippen LogP contribution in [0.2, 0.25) is 0 Å². The van der Waals surface area contributed by atoms with Gasteiger partial charge in [0.1, 0.15) is 42.4 Å². The number of nitrogens with zero attached hydrogens (tertiary/aromatic N) is 3. The van der Waals surface area contributed by atoms with Crippen LogP contribution in [-0.4, -0.2) is 94.3 Å². The summed E-state index contributed by atoms with van der Waals surface area (Å²) in [6.07, 6.45) is -10.2. The Hall–Kier alpha value is -2.77. The van der Waals surface area contributed by atoms with Gasteiger partial charge < -0.3 is 40.5 Å². The zero-order valence-electron chi connectivity index (χ0n) is 18.7. The van der Waals surface area contributed by atoms with Crippen molar-refractivity contribution in [3.8, 4) is 0 Å². The molecule has 2 aliphatic heterocycles. The van der Waals surface area contributed by atoms with Crippen molar-refractivity contribution >= 4 is 13.6 Å². The third kappa shape index (κ3) is 5.58. The lowest BCUT2D eigenvalue weighted by atomic mass is 10.1. The van der Waals surface area contributed by atoms with Crippen LogP contribution >= 0.6 is 7.82 Å². The average Bonchev–Trinajstić information content (AvgIpc) is 3.28. The number of aliphatic hydroxyl groups is 4. The third-order valence-electron chi connectivity index (χ3n) is 5.73. The molecule has 0 saturated carbocycles. The van der Waals surface area contributed by atoms with E-state index < -0.39 is 87.1 Å². The van der Waals surface area contributed by atoms with E-state index in [1.165, 1.54) is 12.3 Å². The maximum absolute atomic E-state index is 12.6. The van der Waals surface area contributed by atoms with Crippen LogP contribution in [0.5, 0.6) is 0 Å². The Bertz CT molecular complexity index is 1350. The number of H-pyrrole nitrogens is 1. The summed E-state index contributed by atoms with van der Waals surface area (Å²) in [4.78, 5) is 50.9. The molecule has 0 radical (unpaired) electrons. The van der Waals surface area contributed by atoms with Gasteiger partial charge in [-0.05, 0) is 6.07 Å². The highest BCUT2D eigenvalue weighted by Crippen LogP contribution is 2.49. The lowest BCUT2D eigenvalue weighted by Crippen LogP contribution is -2.38. The van der Waals surface area contributed by atoms with Gasteiger partial charge in [-0.25, -0.2) is 14.2 Å². The normalized spacial score (nSPS) is 33.4. The van der Waals surface area contributed by atoms with Crippen LogP contribution in [0, 0.1) is 0 Å². The van der Waals surface area contributed by atoms with E-state index in [1.54, 1.807) is 0 Å². The minimum atomic E-state index is -5.04. The van der Waals surface area contributed by atoms with Gasteiger partial charge in [-0.3, -0.25) is 28.0 Å². The number of aromatic nitrogens is 4. The Morgan fingerprint density at radius 1 is 1.03 bits per heavy atom. The predicted octanol–water partition coefficient (Wildman–Crippen LogP) is -4.25. The molecule has 204 valence electrons. The first kappa shape index (κ1) is 27.3. The van der Waals surface area contributed by atoms with Crippen molar-refractivity contribution in [3.63, 3.8) is 0 Å². The van der Waals surface area contributed by atoms with E-state index in [9.17, 15) is 44.3 Å². The highest BCUT2D eigenvalue weighted by molar-refractivity contribution is 7.47. The molecule has 8 N–H and O–H groups in total. The highest BCUT2D eigenvalue weighted by Gasteiger charge is 2.50. The van der Waals surface area contributed by atoms with Gasteiger partial charge in [0.05, 0.1) is 13.2 Å². The van der Waals surface area contributed by atoms with Crippen molar-refractivity contribution in [2.45, 2.75) is 49.1 Å². The van der Waals surface area contributed by atoms with Gasteiger partial charge in [-0.2, -0.15) is 4.98 Å². The van der Waals surface area contributed by atoms with E-state index in [4.69, 9.17) is 24.3 Å². The Balaban J connectivity index is 1.43. The SMILES string of the molecule is Nc1ccn(C2OC(CO)C(OP(=O)(O)OCC3OC(n4ccc(=O)[nH]c4=O)C(O)C3O)C2O)c(=O)n1. The zero-order chi connectivity index (χ0) is 27.1. The molecule has 9 unspecified atom stereocenters. The Morgan fingerprint density at radius 2 is 1.68 bits per heavy atom. The van der Waals surface area contributed by atoms with Crippen molar-refractivity contribution in [3.05, 3.63) is 55.8 Å². The minimum absolute atomic E-state index is 0.0948. The fourth-order valence-electron chi connectivity index (χ4n) is 3.92. The van der Waals surface area contributed by atoms with Crippen molar-refractivity contribution in [2.75, 3.05) is 18.9 Å². The molecular weight excluding hydrogens is 525 g/mol.